The average molecular weight is 363 g/mol. The predicted octanol–water partition coefficient (Wildman–Crippen LogP) is 1.88. The minimum Gasteiger partial charge on any atom is -0.395 e. The van der Waals surface area contributed by atoms with E-state index >= 15 is 0 Å². The summed E-state index contributed by atoms with van der Waals surface area (Å²) in [6.45, 7) is 6.23. The topological polar surface area (TPSA) is 90.5 Å². The largest absolute Gasteiger partial charge is 0.395 e. The van der Waals surface area contributed by atoms with Crippen molar-refractivity contribution < 1.29 is 5.11 Å². The van der Waals surface area contributed by atoms with Crippen molar-refractivity contribution in [3.8, 4) is 0 Å². The molecule has 2 aromatic rings. The Bertz CT molecular complexity index is 733. The van der Waals surface area contributed by atoms with E-state index < -0.39 is 0 Å². The maximum absolute atomic E-state index is 9.05. The number of hydrogen-bond donors (Lipinski definition) is 3. The van der Waals surface area contributed by atoms with Crippen molar-refractivity contribution in [2.75, 3.05) is 55.3 Å². The molecular formula is C17H23ClN6O. The number of aliphatic hydroxyl groups excluding tert-OH is 1. The smallest absolute Gasteiger partial charge is 0.159 e. The van der Waals surface area contributed by atoms with Gasteiger partial charge < -0.3 is 21.1 Å². The Balaban J connectivity index is 1.75. The fraction of sp³-hybridized carbons (Fsp3) is 0.412. The number of nitrogen functional groups attached to an aromatic ring is 1. The van der Waals surface area contributed by atoms with Gasteiger partial charge in [-0.3, -0.25) is 4.90 Å². The van der Waals surface area contributed by atoms with E-state index in [1.54, 1.807) is 0 Å². The van der Waals surface area contributed by atoms with Crippen LogP contribution in [0.25, 0.3) is 0 Å². The van der Waals surface area contributed by atoms with E-state index in [2.05, 4.69) is 25.1 Å². The molecule has 0 radical (unpaired) electrons. The van der Waals surface area contributed by atoms with Gasteiger partial charge in [0.25, 0.3) is 0 Å². The first kappa shape index (κ1) is 17.7. The molecule has 1 saturated heterocycles. The van der Waals surface area contributed by atoms with Gasteiger partial charge in [-0.05, 0) is 24.6 Å². The van der Waals surface area contributed by atoms with Crippen molar-refractivity contribution in [3.05, 3.63) is 35.1 Å². The minimum absolute atomic E-state index is 0.183. The third-order valence-corrected chi connectivity index (χ3v) is 4.79. The summed E-state index contributed by atoms with van der Waals surface area (Å²) in [5.74, 6) is 1.31. The van der Waals surface area contributed by atoms with Crippen LogP contribution < -0.4 is 16.0 Å². The van der Waals surface area contributed by atoms with Gasteiger partial charge in [-0.1, -0.05) is 17.7 Å². The minimum atomic E-state index is 0.183. The highest BCUT2D eigenvalue weighted by atomic mass is 35.5. The Hall–Kier alpha value is -2.09. The average Bonchev–Trinajstić information content (AvgIpc) is 2.61. The number of anilines is 4. The summed E-state index contributed by atoms with van der Waals surface area (Å²) >= 11 is 6.18. The quantitative estimate of drug-likeness (QED) is 0.748. The van der Waals surface area contributed by atoms with E-state index in [0.29, 0.717) is 23.1 Å². The normalized spacial score (nSPS) is 15.4. The van der Waals surface area contributed by atoms with E-state index in [-0.39, 0.29) is 6.61 Å². The number of nitrogens with two attached hydrogens (primary N) is 1. The first-order chi connectivity index (χ1) is 12.1. The molecule has 7 nitrogen and oxygen atoms in total. The molecule has 1 aromatic carbocycles. The summed E-state index contributed by atoms with van der Waals surface area (Å²) in [6, 6.07) is 5.74. The molecule has 8 heteroatoms. The van der Waals surface area contributed by atoms with Gasteiger partial charge in [0.1, 0.15) is 12.0 Å². The molecular weight excluding hydrogens is 340 g/mol. The lowest BCUT2D eigenvalue weighted by Gasteiger charge is -2.35. The highest BCUT2D eigenvalue weighted by molar-refractivity contribution is 6.31. The summed E-state index contributed by atoms with van der Waals surface area (Å²) in [6.07, 6.45) is 1.52. The van der Waals surface area contributed by atoms with Crippen LogP contribution in [-0.4, -0.2) is 59.3 Å². The van der Waals surface area contributed by atoms with Gasteiger partial charge in [-0.15, -0.1) is 0 Å². The second-order valence-electron chi connectivity index (χ2n) is 6.10. The Morgan fingerprint density at radius 3 is 2.68 bits per heavy atom. The van der Waals surface area contributed by atoms with Gasteiger partial charge in [-0.2, -0.15) is 0 Å². The molecule has 134 valence electrons. The first-order valence-electron chi connectivity index (χ1n) is 8.30. The van der Waals surface area contributed by atoms with Crippen LogP contribution in [0.2, 0.25) is 5.02 Å². The maximum Gasteiger partial charge on any atom is 0.159 e. The van der Waals surface area contributed by atoms with Crippen molar-refractivity contribution >= 4 is 34.6 Å². The van der Waals surface area contributed by atoms with Crippen LogP contribution in [0.1, 0.15) is 5.56 Å². The van der Waals surface area contributed by atoms with Crippen LogP contribution in [0.5, 0.6) is 0 Å². The van der Waals surface area contributed by atoms with Gasteiger partial charge >= 0.3 is 0 Å². The zero-order valence-electron chi connectivity index (χ0n) is 14.2. The van der Waals surface area contributed by atoms with Crippen LogP contribution in [0.4, 0.5) is 23.0 Å². The van der Waals surface area contributed by atoms with Gasteiger partial charge in [0.05, 0.1) is 6.61 Å². The van der Waals surface area contributed by atoms with Crippen molar-refractivity contribution in [3.63, 3.8) is 0 Å². The molecule has 1 aromatic heterocycles. The SMILES string of the molecule is Cc1ccc(Nc2ncnc(N3CCN(CCO)CC3)c2N)cc1Cl. The molecule has 0 amide bonds. The molecule has 4 N–H and O–H groups in total. The Labute approximate surface area is 152 Å². The van der Waals surface area contributed by atoms with Crippen LogP contribution in [0, 0.1) is 6.92 Å². The van der Waals surface area contributed by atoms with Crippen molar-refractivity contribution in [2.45, 2.75) is 6.92 Å². The molecule has 3 rings (SSSR count). The number of nitrogens with zero attached hydrogens (tertiary/aromatic N) is 4. The molecule has 0 aliphatic carbocycles. The van der Waals surface area contributed by atoms with Gasteiger partial charge in [-0.25, -0.2) is 9.97 Å². The number of benzene rings is 1. The second kappa shape index (κ2) is 7.86. The molecule has 1 fully saturated rings. The highest BCUT2D eigenvalue weighted by Crippen LogP contribution is 2.30. The van der Waals surface area contributed by atoms with Crippen molar-refractivity contribution in [2.24, 2.45) is 0 Å². The van der Waals surface area contributed by atoms with Crippen LogP contribution in [0.3, 0.4) is 0 Å². The van der Waals surface area contributed by atoms with Gasteiger partial charge in [0.15, 0.2) is 11.6 Å². The Morgan fingerprint density at radius 1 is 1.24 bits per heavy atom. The summed E-state index contributed by atoms with van der Waals surface area (Å²) in [7, 11) is 0. The Kier molecular flexibility index (Phi) is 5.57. The Morgan fingerprint density at radius 2 is 2.00 bits per heavy atom. The lowest BCUT2D eigenvalue weighted by atomic mass is 10.2. The molecule has 0 unspecified atom stereocenters. The lowest BCUT2D eigenvalue weighted by Crippen LogP contribution is -2.47. The number of halogens is 1. The van der Waals surface area contributed by atoms with E-state index in [4.69, 9.17) is 22.4 Å². The lowest BCUT2D eigenvalue weighted by molar-refractivity contribution is 0.188. The molecule has 2 heterocycles. The number of aryl methyl sites for hydroxylation is 1. The van der Waals surface area contributed by atoms with Crippen molar-refractivity contribution in [1.82, 2.24) is 14.9 Å². The summed E-state index contributed by atoms with van der Waals surface area (Å²) in [4.78, 5) is 13.0. The molecule has 0 atom stereocenters. The number of nitrogens with one attached hydrogen (secondary N) is 1. The van der Waals surface area contributed by atoms with Crippen LogP contribution in [-0.2, 0) is 0 Å². The zero-order valence-corrected chi connectivity index (χ0v) is 15.0. The summed E-state index contributed by atoms with van der Waals surface area (Å²) < 4.78 is 0. The first-order valence-corrected chi connectivity index (χ1v) is 8.68. The zero-order chi connectivity index (χ0) is 17.8. The number of piperazine rings is 1. The molecule has 1 aliphatic heterocycles. The van der Waals surface area contributed by atoms with Crippen molar-refractivity contribution in [1.29, 1.82) is 0 Å². The number of β-amino-alcohol motifs (C(OH)–C–C–N with tert-alkyl or cyclic N) is 1. The molecule has 1 aliphatic rings. The van der Waals surface area contributed by atoms with E-state index in [9.17, 15) is 0 Å². The monoisotopic (exact) mass is 362 g/mol. The second-order valence-corrected chi connectivity index (χ2v) is 6.51. The summed E-state index contributed by atoms with van der Waals surface area (Å²) in [5.41, 5.74) is 8.68. The predicted molar refractivity (Wildman–Crippen MR) is 102 cm³/mol. The number of aromatic nitrogens is 2. The van der Waals surface area contributed by atoms with E-state index in [1.165, 1.54) is 6.33 Å². The number of hydrogen-bond acceptors (Lipinski definition) is 7. The molecule has 0 spiro atoms. The van der Waals surface area contributed by atoms with Gasteiger partial charge in [0.2, 0.25) is 0 Å². The van der Waals surface area contributed by atoms with Gasteiger partial charge in [0, 0.05) is 43.4 Å². The number of aliphatic hydroxyl groups is 1. The standard InChI is InChI=1S/C17H23ClN6O/c1-12-2-3-13(10-14(12)18)22-16-15(19)17(21-11-20-16)24-6-4-23(5-7-24)8-9-25/h2-3,10-11,25H,4-9,19H2,1H3,(H,20,21,22). The maximum atomic E-state index is 9.05. The molecule has 25 heavy (non-hydrogen) atoms. The molecule has 0 saturated carbocycles. The fourth-order valence-corrected chi connectivity index (χ4v) is 3.05. The highest BCUT2D eigenvalue weighted by Gasteiger charge is 2.21. The van der Waals surface area contributed by atoms with Crippen LogP contribution >= 0.6 is 11.6 Å². The third-order valence-electron chi connectivity index (χ3n) is 4.39. The van der Waals surface area contributed by atoms with E-state index in [1.807, 2.05) is 25.1 Å². The number of rotatable bonds is 5. The fourth-order valence-electron chi connectivity index (χ4n) is 2.87. The van der Waals surface area contributed by atoms with E-state index in [0.717, 1.165) is 43.2 Å². The summed E-state index contributed by atoms with van der Waals surface area (Å²) in [5, 5.41) is 13.0. The van der Waals surface area contributed by atoms with Crippen LogP contribution in [0.15, 0.2) is 24.5 Å². The molecule has 0 bridgehead atoms. The third kappa shape index (κ3) is 4.12.